The van der Waals surface area contributed by atoms with Crippen molar-refractivity contribution < 1.29 is 24.2 Å². The van der Waals surface area contributed by atoms with Gasteiger partial charge in [0.25, 0.3) is 0 Å². The molecule has 0 aromatic rings. The highest BCUT2D eigenvalue weighted by Gasteiger charge is 2.16. The maximum Gasteiger partial charge on any atom is 0.306 e. The third-order valence-corrected chi connectivity index (χ3v) is 11.5. The fourth-order valence-corrected chi connectivity index (χ4v) is 7.52. The minimum atomic E-state index is -0.795. The fourth-order valence-electron chi connectivity index (χ4n) is 7.52. The number of aliphatic hydroxyl groups excluding tert-OH is 1. The molecule has 0 aliphatic carbocycles. The summed E-state index contributed by atoms with van der Waals surface area (Å²) in [6.45, 7) is 3.99. The highest BCUT2D eigenvalue weighted by Crippen LogP contribution is 2.16. The lowest BCUT2D eigenvalue weighted by molar-refractivity contribution is -0.161. The number of carbonyl (C=O) groups excluding carboxylic acids is 2. The second-order valence-electron chi connectivity index (χ2n) is 17.6. The molecule has 1 unspecified atom stereocenters. The lowest BCUT2D eigenvalue weighted by Crippen LogP contribution is -2.28. The van der Waals surface area contributed by atoms with Gasteiger partial charge in [-0.25, -0.2) is 0 Å². The van der Waals surface area contributed by atoms with E-state index >= 15 is 0 Å². The van der Waals surface area contributed by atoms with Gasteiger partial charge in [0.1, 0.15) is 6.61 Å². The predicted octanol–water partition coefficient (Wildman–Crippen LogP) is 17.6. The Hall–Kier alpha value is -2.66. The summed E-state index contributed by atoms with van der Waals surface area (Å²) in [5.41, 5.74) is 0. The fraction of sp³-hybridized carbons (Fsp3) is 0.754. The van der Waals surface area contributed by atoms with Gasteiger partial charge in [-0.15, -0.1) is 0 Å². The molecular formula is C57H100O5. The number of esters is 2. The Morgan fingerprint density at radius 1 is 0.387 bits per heavy atom. The molecule has 0 heterocycles. The zero-order chi connectivity index (χ0) is 44.9. The maximum atomic E-state index is 12.2. The summed E-state index contributed by atoms with van der Waals surface area (Å²) in [5, 5.41) is 9.60. The van der Waals surface area contributed by atoms with E-state index in [1.165, 1.54) is 161 Å². The zero-order valence-electron chi connectivity index (χ0n) is 40.9. The van der Waals surface area contributed by atoms with Crippen molar-refractivity contribution in [1.82, 2.24) is 0 Å². The molecule has 0 spiro atoms. The highest BCUT2D eigenvalue weighted by molar-refractivity contribution is 5.70. The molecule has 0 bridgehead atoms. The second-order valence-corrected chi connectivity index (χ2v) is 17.6. The van der Waals surface area contributed by atoms with E-state index in [4.69, 9.17) is 9.47 Å². The molecule has 0 saturated carbocycles. The number of hydrogen-bond acceptors (Lipinski definition) is 5. The standard InChI is InChI=1S/C57H100O5/c1-3-5-7-9-11-13-15-17-19-20-21-22-23-24-25-26-27-28-29-30-31-32-33-34-35-36-38-39-41-43-45-47-49-51-56(59)61-54-55(53-58)62-57(60)52-50-48-46-44-42-40-37-18-16-14-12-10-8-6-4-2/h6,8,12,14-15,17-18,20-21,37,42,44,55,58H,3-5,7,9-11,13,16,19,22-36,38-41,43,45-54H2,1-2H3/b8-6-,14-12-,17-15-,21-20-,37-18-,44-42-. The highest BCUT2D eigenvalue weighted by atomic mass is 16.6. The topological polar surface area (TPSA) is 72.8 Å². The number of carbonyl (C=O) groups is 2. The van der Waals surface area contributed by atoms with Crippen LogP contribution in [0.5, 0.6) is 0 Å². The SMILES string of the molecule is CC/C=C\C/C=C\C/C=C\C/C=C\CCCCC(=O)OC(CO)COC(=O)CCCCCCCCCCCCCCCCCCCCCCC/C=C\C/C=C\CCCCCCC. The Bertz CT molecular complexity index is 1110. The van der Waals surface area contributed by atoms with Crippen molar-refractivity contribution in [2.75, 3.05) is 13.2 Å². The normalized spacial score (nSPS) is 12.8. The second kappa shape index (κ2) is 52.7. The molecule has 0 aromatic carbocycles. The van der Waals surface area contributed by atoms with Crippen molar-refractivity contribution in [1.29, 1.82) is 0 Å². The summed E-state index contributed by atoms with van der Waals surface area (Å²) < 4.78 is 10.6. The first-order valence-electron chi connectivity index (χ1n) is 26.5. The van der Waals surface area contributed by atoms with Crippen LogP contribution >= 0.6 is 0 Å². The van der Waals surface area contributed by atoms with Gasteiger partial charge in [0.15, 0.2) is 6.10 Å². The monoisotopic (exact) mass is 865 g/mol. The van der Waals surface area contributed by atoms with Crippen LogP contribution in [0.2, 0.25) is 0 Å². The summed E-state index contributed by atoms with van der Waals surface area (Å²) in [6, 6.07) is 0. The van der Waals surface area contributed by atoms with Crippen LogP contribution in [-0.4, -0.2) is 36.4 Å². The van der Waals surface area contributed by atoms with Gasteiger partial charge in [-0.1, -0.05) is 234 Å². The van der Waals surface area contributed by atoms with Crippen LogP contribution in [0.1, 0.15) is 258 Å². The smallest absolute Gasteiger partial charge is 0.306 e. The van der Waals surface area contributed by atoms with Crippen molar-refractivity contribution in [2.24, 2.45) is 0 Å². The van der Waals surface area contributed by atoms with Crippen LogP contribution in [0, 0.1) is 0 Å². The molecule has 0 radical (unpaired) electrons. The van der Waals surface area contributed by atoms with Crippen LogP contribution < -0.4 is 0 Å². The van der Waals surface area contributed by atoms with Gasteiger partial charge in [0.2, 0.25) is 0 Å². The van der Waals surface area contributed by atoms with Crippen LogP contribution in [0.4, 0.5) is 0 Å². The van der Waals surface area contributed by atoms with Crippen LogP contribution in [0.3, 0.4) is 0 Å². The maximum absolute atomic E-state index is 12.2. The van der Waals surface area contributed by atoms with E-state index in [9.17, 15) is 14.7 Å². The number of ether oxygens (including phenoxy) is 2. The van der Waals surface area contributed by atoms with Crippen molar-refractivity contribution >= 4 is 11.9 Å². The van der Waals surface area contributed by atoms with Gasteiger partial charge in [-0.05, 0) is 83.5 Å². The first kappa shape index (κ1) is 59.3. The number of hydrogen-bond donors (Lipinski definition) is 1. The van der Waals surface area contributed by atoms with Crippen LogP contribution in [-0.2, 0) is 19.1 Å². The first-order chi connectivity index (χ1) is 30.6. The molecule has 0 aliphatic heterocycles. The van der Waals surface area contributed by atoms with E-state index in [0.717, 1.165) is 70.6 Å². The molecule has 0 aliphatic rings. The third-order valence-electron chi connectivity index (χ3n) is 11.5. The van der Waals surface area contributed by atoms with Gasteiger partial charge >= 0.3 is 11.9 Å². The molecule has 62 heavy (non-hydrogen) atoms. The Morgan fingerprint density at radius 2 is 0.694 bits per heavy atom. The van der Waals surface area contributed by atoms with Crippen LogP contribution in [0.25, 0.3) is 0 Å². The lowest BCUT2D eigenvalue weighted by atomic mass is 10.0. The van der Waals surface area contributed by atoms with Gasteiger partial charge < -0.3 is 14.6 Å². The third kappa shape index (κ3) is 50.0. The average Bonchev–Trinajstić information content (AvgIpc) is 3.28. The summed E-state index contributed by atoms with van der Waals surface area (Å²) >= 11 is 0. The van der Waals surface area contributed by atoms with Gasteiger partial charge in [-0.3, -0.25) is 9.59 Å². The number of allylic oxidation sites excluding steroid dienone is 12. The Kier molecular flexibility index (Phi) is 50.4. The quantitative estimate of drug-likeness (QED) is 0.0375. The molecule has 1 N–H and O–H groups in total. The van der Waals surface area contributed by atoms with Crippen molar-refractivity contribution in [3.05, 3.63) is 72.9 Å². The van der Waals surface area contributed by atoms with Gasteiger partial charge in [0.05, 0.1) is 6.61 Å². The van der Waals surface area contributed by atoms with E-state index in [0.29, 0.717) is 12.8 Å². The first-order valence-corrected chi connectivity index (χ1v) is 26.5. The molecule has 0 fully saturated rings. The molecular weight excluding hydrogens is 765 g/mol. The van der Waals surface area contributed by atoms with E-state index in [2.05, 4.69) is 86.8 Å². The minimum absolute atomic E-state index is 0.0831. The number of rotatable bonds is 48. The van der Waals surface area contributed by atoms with E-state index < -0.39 is 6.10 Å². The zero-order valence-corrected chi connectivity index (χ0v) is 40.9. The Morgan fingerprint density at radius 3 is 1.08 bits per heavy atom. The lowest BCUT2D eigenvalue weighted by Gasteiger charge is -2.15. The van der Waals surface area contributed by atoms with Crippen molar-refractivity contribution in [3.63, 3.8) is 0 Å². The van der Waals surface area contributed by atoms with Crippen molar-refractivity contribution in [3.8, 4) is 0 Å². The Balaban J connectivity index is 3.45. The molecule has 0 amide bonds. The summed E-state index contributed by atoms with van der Waals surface area (Å²) in [5.74, 6) is -0.635. The van der Waals surface area contributed by atoms with Gasteiger partial charge in [-0.2, -0.15) is 0 Å². The molecule has 0 saturated heterocycles. The number of unbranched alkanes of at least 4 members (excludes halogenated alkanes) is 28. The molecule has 0 rings (SSSR count). The van der Waals surface area contributed by atoms with Crippen LogP contribution in [0.15, 0.2) is 72.9 Å². The predicted molar refractivity (Wildman–Crippen MR) is 270 cm³/mol. The molecule has 5 heteroatoms. The van der Waals surface area contributed by atoms with E-state index in [-0.39, 0.29) is 25.2 Å². The average molecular weight is 865 g/mol. The van der Waals surface area contributed by atoms with E-state index in [1.807, 2.05) is 0 Å². The molecule has 5 nitrogen and oxygen atoms in total. The Labute approximate surface area is 384 Å². The molecule has 1 atom stereocenters. The largest absolute Gasteiger partial charge is 0.462 e. The summed E-state index contributed by atoms with van der Waals surface area (Å²) in [7, 11) is 0. The molecule has 0 aromatic heterocycles. The molecule has 358 valence electrons. The van der Waals surface area contributed by atoms with E-state index in [1.54, 1.807) is 0 Å². The van der Waals surface area contributed by atoms with Crippen molar-refractivity contribution in [2.45, 2.75) is 264 Å². The minimum Gasteiger partial charge on any atom is -0.462 e. The summed E-state index contributed by atoms with van der Waals surface area (Å²) in [6.07, 6.45) is 71.7. The number of aliphatic hydroxyl groups is 1. The van der Waals surface area contributed by atoms with Gasteiger partial charge in [0, 0.05) is 12.8 Å². The summed E-state index contributed by atoms with van der Waals surface area (Å²) in [4.78, 5) is 24.4.